The van der Waals surface area contributed by atoms with Crippen molar-refractivity contribution in [1.82, 2.24) is 0 Å². The molecule has 0 heterocycles. The number of rotatable bonds is 6. The van der Waals surface area contributed by atoms with E-state index in [1.165, 1.54) is 25.6 Å². The summed E-state index contributed by atoms with van der Waals surface area (Å²) in [5.74, 6) is 0.945. The second-order valence-corrected chi connectivity index (χ2v) is 8.26. The lowest BCUT2D eigenvalue weighted by Gasteiger charge is -2.14. The lowest BCUT2D eigenvalue weighted by atomic mass is 10.4. The molecule has 0 saturated heterocycles. The van der Waals surface area contributed by atoms with Gasteiger partial charge in [0.2, 0.25) is 0 Å². The van der Waals surface area contributed by atoms with Gasteiger partial charge in [0.1, 0.15) is 0 Å². The summed E-state index contributed by atoms with van der Waals surface area (Å²) in [6.45, 7) is 3.04. The third kappa shape index (κ3) is 4.89. The fourth-order valence-corrected chi connectivity index (χ4v) is 5.34. The molecule has 0 atom stereocenters. The van der Waals surface area contributed by atoms with Crippen LogP contribution < -0.4 is 0 Å². The van der Waals surface area contributed by atoms with E-state index in [1.807, 2.05) is 13.8 Å². The van der Waals surface area contributed by atoms with Crippen molar-refractivity contribution >= 4 is 29.9 Å². The van der Waals surface area contributed by atoms with Crippen LogP contribution in [-0.4, -0.2) is 20.0 Å². The molecule has 0 rings (SSSR count). The molecule has 0 aromatic rings. The van der Waals surface area contributed by atoms with Gasteiger partial charge in [0, 0.05) is 25.6 Å². The van der Waals surface area contributed by atoms with E-state index in [-0.39, 0.29) is 0 Å². The molecule has 0 aromatic carbocycles. The lowest BCUT2D eigenvalue weighted by molar-refractivity contribution is 0.295. The number of allylic oxidation sites excluding steroid dienone is 1. The largest absolute Gasteiger partial charge is 0.393 e. The number of thioether (sulfide) groups is 1. The highest BCUT2D eigenvalue weighted by Gasteiger charge is 2.25. The molecule has 0 bridgehead atoms. The Bertz CT molecular complexity index is 241. The van der Waals surface area contributed by atoms with Crippen molar-refractivity contribution in [3.8, 4) is 0 Å². The lowest BCUT2D eigenvalue weighted by Crippen LogP contribution is -1.85. The predicted octanol–water partition coefficient (Wildman–Crippen LogP) is 4.13. The Hall–Kier alpha value is 0.590. The van der Waals surface area contributed by atoms with E-state index in [1.54, 1.807) is 11.8 Å². The van der Waals surface area contributed by atoms with Gasteiger partial charge in [-0.15, -0.1) is 11.8 Å². The normalized spacial score (nSPS) is 11.5. The van der Waals surface area contributed by atoms with Crippen molar-refractivity contribution in [2.45, 2.75) is 20.8 Å². The van der Waals surface area contributed by atoms with E-state index in [9.17, 15) is 4.57 Å². The summed E-state index contributed by atoms with van der Waals surface area (Å²) in [5, 5.41) is 0. The van der Waals surface area contributed by atoms with Crippen LogP contribution in [0.4, 0.5) is 0 Å². The van der Waals surface area contributed by atoms with Gasteiger partial charge < -0.3 is 9.05 Å². The molecule has 0 aliphatic carbocycles. The van der Waals surface area contributed by atoms with Gasteiger partial charge in [0.15, 0.2) is 0 Å². The molecular weight excluding hydrogens is 239 g/mol. The fourth-order valence-electron chi connectivity index (χ4n) is 0.644. The van der Waals surface area contributed by atoms with Crippen molar-refractivity contribution < 1.29 is 13.6 Å². The van der Waals surface area contributed by atoms with Crippen LogP contribution in [0.25, 0.3) is 0 Å². The summed E-state index contributed by atoms with van der Waals surface area (Å²) in [6, 6.07) is 0. The van der Waals surface area contributed by atoms with E-state index in [2.05, 4.69) is 6.92 Å². The molecule has 0 N–H and O–H groups in total. The van der Waals surface area contributed by atoms with Crippen molar-refractivity contribution in [2.75, 3.05) is 20.0 Å². The third-order valence-corrected chi connectivity index (χ3v) is 7.06. The maximum atomic E-state index is 11.8. The summed E-state index contributed by atoms with van der Waals surface area (Å²) in [7, 11) is 2.80. The molecule has 0 aromatic heterocycles. The SMILES string of the molecule is CCSC(SP(=O)(OC)OC)=C(C)C. The number of hydrogen-bond donors (Lipinski definition) is 0. The van der Waals surface area contributed by atoms with E-state index >= 15 is 0 Å². The molecule has 0 spiro atoms. The highest BCUT2D eigenvalue weighted by atomic mass is 32.7. The van der Waals surface area contributed by atoms with Crippen LogP contribution in [0.5, 0.6) is 0 Å². The van der Waals surface area contributed by atoms with E-state index in [4.69, 9.17) is 9.05 Å². The Kier molecular flexibility index (Phi) is 7.26. The fraction of sp³-hybridized carbons (Fsp3) is 0.750. The van der Waals surface area contributed by atoms with Gasteiger partial charge in [-0.1, -0.05) is 12.5 Å². The standard InChI is InChI=1S/C8H17O3PS2/c1-6-13-8(7(2)3)14-12(9,10-4)11-5/h6H2,1-5H3. The van der Waals surface area contributed by atoms with E-state index in [0.29, 0.717) is 0 Å². The highest BCUT2D eigenvalue weighted by Crippen LogP contribution is 2.64. The van der Waals surface area contributed by atoms with Crippen LogP contribution in [0.2, 0.25) is 0 Å². The summed E-state index contributed by atoms with van der Waals surface area (Å²) < 4.78 is 22.6. The topological polar surface area (TPSA) is 35.5 Å². The highest BCUT2D eigenvalue weighted by molar-refractivity contribution is 8.60. The quantitative estimate of drug-likeness (QED) is 0.668. The number of hydrogen-bond acceptors (Lipinski definition) is 5. The first-order chi connectivity index (χ1) is 6.49. The summed E-state index contributed by atoms with van der Waals surface area (Å²) in [6.07, 6.45) is 0. The van der Waals surface area contributed by atoms with Gasteiger partial charge in [0.05, 0.1) is 4.24 Å². The van der Waals surface area contributed by atoms with Gasteiger partial charge in [-0.25, -0.2) is 4.57 Å². The summed E-state index contributed by atoms with van der Waals surface area (Å²) >= 11 is 2.83. The smallest absolute Gasteiger partial charge is 0.304 e. The van der Waals surface area contributed by atoms with Crippen LogP contribution >= 0.6 is 29.9 Å². The third-order valence-electron chi connectivity index (χ3n) is 1.33. The van der Waals surface area contributed by atoms with Crippen LogP contribution in [-0.2, 0) is 13.6 Å². The Balaban J connectivity index is 4.60. The van der Waals surface area contributed by atoms with Crippen LogP contribution in [0.15, 0.2) is 9.81 Å². The van der Waals surface area contributed by atoms with Crippen LogP contribution in [0.3, 0.4) is 0 Å². The second kappa shape index (κ2) is 6.96. The molecule has 14 heavy (non-hydrogen) atoms. The minimum atomic E-state index is -2.98. The van der Waals surface area contributed by atoms with Crippen molar-refractivity contribution in [1.29, 1.82) is 0 Å². The zero-order valence-corrected chi connectivity index (χ0v) is 11.7. The van der Waals surface area contributed by atoms with E-state index < -0.39 is 6.80 Å². The van der Waals surface area contributed by atoms with Gasteiger partial charge in [-0.05, 0) is 19.6 Å². The molecule has 0 unspecified atom stereocenters. The first-order valence-corrected chi connectivity index (χ1v) is 8.15. The van der Waals surface area contributed by atoms with Gasteiger partial charge in [0.25, 0.3) is 0 Å². The van der Waals surface area contributed by atoms with Crippen molar-refractivity contribution in [3.63, 3.8) is 0 Å². The Morgan fingerprint density at radius 1 is 1.29 bits per heavy atom. The zero-order chi connectivity index (χ0) is 11.2. The molecule has 6 heteroatoms. The first-order valence-electron chi connectivity index (χ1n) is 4.20. The summed E-state index contributed by atoms with van der Waals surface area (Å²) in [4.78, 5) is 0. The zero-order valence-electron chi connectivity index (χ0n) is 9.20. The molecule has 0 aliphatic rings. The molecule has 0 amide bonds. The molecule has 0 fully saturated rings. The molecule has 3 nitrogen and oxygen atoms in total. The minimum absolute atomic E-state index is 0.945. The Morgan fingerprint density at radius 2 is 1.79 bits per heavy atom. The maximum Gasteiger partial charge on any atom is 0.393 e. The molecule has 84 valence electrons. The first kappa shape index (κ1) is 14.6. The van der Waals surface area contributed by atoms with Crippen molar-refractivity contribution in [3.05, 3.63) is 9.81 Å². The minimum Gasteiger partial charge on any atom is -0.304 e. The molecule has 0 radical (unpaired) electrons. The van der Waals surface area contributed by atoms with Gasteiger partial charge >= 0.3 is 6.80 Å². The predicted molar refractivity (Wildman–Crippen MR) is 65.7 cm³/mol. The van der Waals surface area contributed by atoms with E-state index in [0.717, 1.165) is 15.6 Å². The average molecular weight is 256 g/mol. The molecule has 0 aliphatic heterocycles. The maximum absolute atomic E-state index is 11.8. The van der Waals surface area contributed by atoms with Crippen LogP contribution in [0.1, 0.15) is 20.8 Å². The van der Waals surface area contributed by atoms with Crippen LogP contribution in [0, 0.1) is 0 Å². The van der Waals surface area contributed by atoms with Gasteiger partial charge in [-0.3, -0.25) is 0 Å². The second-order valence-electron chi connectivity index (χ2n) is 2.62. The average Bonchev–Trinajstić information content (AvgIpc) is 2.17. The molecular formula is C8H17O3PS2. The summed E-state index contributed by atoms with van der Waals surface area (Å²) in [5.41, 5.74) is 1.14. The Morgan fingerprint density at radius 3 is 2.07 bits per heavy atom. The monoisotopic (exact) mass is 256 g/mol. The van der Waals surface area contributed by atoms with Gasteiger partial charge in [-0.2, -0.15) is 0 Å². The van der Waals surface area contributed by atoms with Crippen molar-refractivity contribution in [2.24, 2.45) is 0 Å². The Labute approximate surface area is 94.3 Å². The molecule has 0 saturated carbocycles.